The van der Waals surface area contributed by atoms with E-state index in [9.17, 15) is 0 Å². The van der Waals surface area contributed by atoms with Crippen LogP contribution in [0.1, 0.15) is 52.4 Å². The number of nitrogens with one attached hydrogen (secondary N) is 1. The number of hydrogen-bond donors (Lipinski definition) is 1. The van der Waals surface area contributed by atoms with E-state index in [0.29, 0.717) is 6.04 Å². The normalized spacial score (nSPS) is 12.4. The number of rotatable bonds is 8. The van der Waals surface area contributed by atoms with Crippen molar-refractivity contribution in [3.05, 3.63) is 29.1 Å². The summed E-state index contributed by atoms with van der Waals surface area (Å²) in [6.45, 7) is 12.9. The molecule has 0 spiro atoms. The highest BCUT2D eigenvalue weighted by Gasteiger charge is 2.05. The molecule has 0 amide bonds. The maximum Gasteiger partial charge on any atom is 0.0624 e. The minimum absolute atomic E-state index is 0.572. The van der Waals surface area contributed by atoms with Crippen molar-refractivity contribution in [2.24, 2.45) is 0 Å². The molecule has 3 heteroatoms. The summed E-state index contributed by atoms with van der Waals surface area (Å²) in [6.07, 6.45) is 5.47. The zero-order valence-electron chi connectivity index (χ0n) is 13.2. The Morgan fingerprint density at radius 1 is 1.42 bits per heavy atom. The molecule has 108 valence electrons. The van der Waals surface area contributed by atoms with Crippen molar-refractivity contribution in [3.63, 3.8) is 0 Å². The summed E-state index contributed by atoms with van der Waals surface area (Å²) in [4.78, 5) is 0. The number of aromatic nitrogens is 2. The lowest BCUT2D eigenvalue weighted by molar-refractivity contribution is 0.593. The molecule has 0 unspecified atom stereocenters. The van der Waals surface area contributed by atoms with Gasteiger partial charge in [0.05, 0.1) is 5.69 Å². The smallest absolute Gasteiger partial charge is 0.0624 e. The molecule has 0 saturated heterocycles. The van der Waals surface area contributed by atoms with Gasteiger partial charge in [-0.3, -0.25) is 4.68 Å². The molecule has 0 aliphatic carbocycles. The summed E-state index contributed by atoms with van der Waals surface area (Å²) < 4.78 is 2.13. The van der Waals surface area contributed by atoms with Crippen LogP contribution >= 0.6 is 0 Å². The predicted molar refractivity (Wildman–Crippen MR) is 82.5 cm³/mol. The molecule has 0 saturated carbocycles. The Morgan fingerprint density at radius 3 is 2.74 bits per heavy atom. The van der Waals surface area contributed by atoms with Gasteiger partial charge in [0.2, 0.25) is 0 Å². The van der Waals surface area contributed by atoms with E-state index in [1.165, 1.54) is 17.0 Å². The molecule has 0 aromatic carbocycles. The lowest BCUT2D eigenvalue weighted by Crippen LogP contribution is -2.23. The second-order valence-electron chi connectivity index (χ2n) is 5.42. The van der Waals surface area contributed by atoms with Gasteiger partial charge in [-0.15, -0.1) is 0 Å². The predicted octanol–water partition coefficient (Wildman–Crippen LogP) is 3.34. The van der Waals surface area contributed by atoms with Crippen molar-refractivity contribution in [1.29, 1.82) is 0 Å². The first kappa shape index (κ1) is 16.0. The van der Waals surface area contributed by atoms with Crippen LogP contribution in [0, 0.1) is 0 Å². The molecule has 1 aromatic rings. The molecule has 0 radical (unpaired) electrons. The first-order chi connectivity index (χ1) is 9.06. The summed E-state index contributed by atoms with van der Waals surface area (Å²) >= 11 is 0. The molecule has 1 heterocycles. The van der Waals surface area contributed by atoms with Crippen molar-refractivity contribution in [2.45, 2.75) is 66.5 Å². The SMILES string of the molecule is CCc1cc(CC(C)=CCCNC(C)C)n(CC)n1. The van der Waals surface area contributed by atoms with Crippen LogP contribution in [0.25, 0.3) is 0 Å². The number of nitrogens with zero attached hydrogens (tertiary/aromatic N) is 2. The Hall–Kier alpha value is -1.09. The average molecular weight is 263 g/mol. The molecule has 0 aliphatic rings. The minimum Gasteiger partial charge on any atom is -0.314 e. The van der Waals surface area contributed by atoms with Crippen LogP contribution in [0.15, 0.2) is 17.7 Å². The highest BCUT2D eigenvalue weighted by atomic mass is 15.3. The van der Waals surface area contributed by atoms with E-state index in [4.69, 9.17) is 0 Å². The lowest BCUT2D eigenvalue weighted by atomic mass is 10.1. The third-order valence-corrected chi connectivity index (χ3v) is 3.23. The van der Waals surface area contributed by atoms with Crippen molar-refractivity contribution < 1.29 is 0 Å². The van der Waals surface area contributed by atoms with Gasteiger partial charge >= 0.3 is 0 Å². The van der Waals surface area contributed by atoms with E-state index >= 15 is 0 Å². The summed E-state index contributed by atoms with van der Waals surface area (Å²) in [6, 6.07) is 2.81. The molecule has 1 rings (SSSR count). The van der Waals surface area contributed by atoms with Gasteiger partial charge in [-0.1, -0.05) is 32.4 Å². The van der Waals surface area contributed by atoms with Crippen LogP contribution in [-0.2, 0) is 19.4 Å². The lowest BCUT2D eigenvalue weighted by Gasteiger charge is -2.07. The fraction of sp³-hybridized carbons (Fsp3) is 0.688. The van der Waals surface area contributed by atoms with E-state index in [1.807, 2.05) is 0 Å². The third kappa shape index (κ3) is 5.60. The van der Waals surface area contributed by atoms with Gasteiger partial charge in [0, 0.05) is 24.7 Å². The van der Waals surface area contributed by atoms with Crippen molar-refractivity contribution >= 4 is 0 Å². The zero-order valence-corrected chi connectivity index (χ0v) is 13.2. The Kier molecular flexibility index (Phi) is 6.85. The summed E-state index contributed by atoms with van der Waals surface area (Å²) in [5.41, 5.74) is 3.97. The monoisotopic (exact) mass is 263 g/mol. The Labute approximate surface area is 118 Å². The van der Waals surface area contributed by atoms with Crippen molar-refractivity contribution in [2.75, 3.05) is 6.54 Å². The Bertz CT molecular complexity index is 402. The van der Waals surface area contributed by atoms with Crippen LogP contribution in [0.5, 0.6) is 0 Å². The van der Waals surface area contributed by atoms with Gasteiger partial charge in [-0.05, 0) is 39.3 Å². The summed E-state index contributed by atoms with van der Waals surface area (Å²) in [5.74, 6) is 0. The van der Waals surface area contributed by atoms with Gasteiger partial charge in [-0.25, -0.2) is 0 Å². The van der Waals surface area contributed by atoms with Gasteiger partial charge in [0.25, 0.3) is 0 Å². The molecule has 3 nitrogen and oxygen atoms in total. The van der Waals surface area contributed by atoms with E-state index in [2.05, 4.69) is 61.9 Å². The second kappa shape index (κ2) is 8.16. The second-order valence-corrected chi connectivity index (χ2v) is 5.42. The molecule has 0 bridgehead atoms. The van der Waals surface area contributed by atoms with Crippen LogP contribution in [0.2, 0.25) is 0 Å². The van der Waals surface area contributed by atoms with Gasteiger partial charge in [0.1, 0.15) is 0 Å². The number of aryl methyl sites for hydroxylation is 2. The average Bonchev–Trinajstić information content (AvgIpc) is 2.76. The van der Waals surface area contributed by atoms with Crippen LogP contribution in [0.3, 0.4) is 0 Å². The topological polar surface area (TPSA) is 29.9 Å². The van der Waals surface area contributed by atoms with Gasteiger partial charge < -0.3 is 5.32 Å². The van der Waals surface area contributed by atoms with Crippen molar-refractivity contribution in [3.8, 4) is 0 Å². The maximum absolute atomic E-state index is 4.60. The first-order valence-electron chi connectivity index (χ1n) is 7.51. The molecular formula is C16H29N3. The quantitative estimate of drug-likeness (QED) is 0.576. The standard InChI is InChI=1S/C16H29N3/c1-6-15-12-16(19(7-2)18-15)11-14(5)9-8-10-17-13(3)4/h9,12-13,17H,6-8,10-11H2,1-5H3. The van der Waals surface area contributed by atoms with E-state index in [0.717, 1.165) is 32.4 Å². The van der Waals surface area contributed by atoms with Gasteiger partial charge in [-0.2, -0.15) is 5.10 Å². The van der Waals surface area contributed by atoms with E-state index in [-0.39, 0.29) is 0 Å². The van der Waals surface area contributed by atoms with Crippen LogP contribution < -0.4 is 5.32 Å². The molecule has 0 atom stereocenters. The number of allylic oxidation sites excluding steroid dienone is 1. The highest BCUT2D eigenvalue weighted by Crippen LogP contribution is 2.11. The molecule has 1 aromatic heterocycles. The molecule has 19 heavy (non-hydrogen) atoms. The first-order valence-corrected chi connectivity index (χ1v) is 7.51. The van der Waals surface area contributed by atoms with Gasteiger partial charge in [0.15, 0.2) is 0 Å². The molecule has 0 fully saturated rings. The van der Waals surface area contributed by atoms with Crippen LogP contribution in [-0.4, -0.2) is 22.4 Å². The van der Waals surface area contributed by atoms with Crippen molar-refractivity contribution in [1.82, 2.24) is 15.1 Å². The third-order valence-electron chi connectivity index (χ3n) is 3.23. The minimum atomic E-state index is 0.572. The summed E-state index contributed by atoms with van der Waals surface area (Å²) in [7, 11) is 0. The maximum atomic E-state index is 4.60. The fourth-order valence-electron chi connectivity index (χ4n) is 2.15. The largest absolute Gasteiger partial charge is 0.314 e. The molecule has 0 aliphatic heterocycles. The fourth-order valence-corrected chi connectivity index (χ4v) is 2.15. The zero-order chi connectivity index (χ0) is 14.3. The van der Waals surface area contributed by atoms with E-state index < -0.39 is 0 Å². The highest BCUT2D eigenvalue weighted by molar-refractivity contribution is 5.17. The molecule has 1 N–H and O–H groups in total. The molecular weight excluding hydrogens is 234 g/mol. The van der Waals surface area contributed by atoms with Crippen LogP contribution in [0.4, 0.5) is 0 Å². The van der Waals surface area contributed by atoms with E-state index in [1.54, 1.807) is 0 Å². The Balaban J connectivity index is 2.53. The Morgan fingerprint density at radius 2 is 2.16 bits per heavy atom. The summed E-state index contributed by atoms with van der Waals surface area (Å²) in [5, 5.41) is 8.04. The number of hydrogen-bond acceptors (Lipinski definition) is 2.